The number of hydrogen-bond acceptors (Lipinski definition) is 4. The first-order chi connectivity index (χ1) is 15.2. The molecule has 0 amide bonds. The Morgan fingerprint density at radius 2 is 1.81 bits per heavy atom. The van der Waals surface area contributed by atoms with E-state index in [-0.39, 0.29) is 10.8 Å². The molecule has 0 radical (unpaired) electrons. The average molecular weight is 456 g/mol. The van der Waals surface area contributed by atoms with Crippen molar-refractivity contribution in [3.63, 3.8) is 0 Å². The Hall–Kier alpha value is -3.59. The number of para-hydroxylation sites is 1. The van der Waals surface area contributed by atoms with E-state index >= 15 is 0 Å². The largest absolute Gasteiger partial charge is 0.417 e. The number of H-pyrrole nitrogens is 1. The van der Waals surface area contributed by atoms with Crippen molar-refractivity contribution in [2.24, 2.45) is 0 Å². The van der Waals surface area contributed by atoms with Gasteiger partial charge >= 0.3 is 6.18 Å². The van der Waals surface area contributed by atoms with Crippen LogP contribution in [0, 0.1) is 4.64 Å². The molecule has 32 heavy (non-hydrogen) atoms. The van der Waals surface area contributed by atoms with Crippen LogP contribution in [0.3, 0.4) is 0 Å². The highest BCUT2D eigenvalue weighted by atomic mass is 32.1. The second-order valence-corrected chi connectivity index (χ2v) is 7.72. The number of fused-ring (bicyclic) bond motifs is 1. The number of anilines is 2. The molecule has 1 unspecified atom stereocenters. The fraction of sp³-hybridized carbons (Fsp3) is 0.130. The van der Waals surface area contributed by atoms with E-state index in [4.69, 9.17) is 18.0 Å². The number of pyridine rings is 2. The number of halogens is 3. The molecule has 0 aliphatic heterocycles. The summed E-state index contributed by atoms with van der Waals surface area (Å²) in [4.78, 5) is 16.3. The minimum Gasteiger partial charge on any atom is -0.395 e. The molecule has 4 rings (SSSR count). The van der Waals surface area contributed by atoms with Crippen molar-refractivity contribution in [3.05, 3.63) is 93.1 Å². The van der Waals surface area contributed by atoms with Crippen LogP contribution >= 0.6 is 12.2 Å². The van der Waals surface area contributed by atoms with Crippen LogP contribution in [0.15, 0.2) is 71.7 Å². The number of nitrogen functional groups attached to an aromatic ring is 1. The van der Waals surface area contributed by atoms with Gasteiger partial charge in [-0.05, 0) is 42.6 Å². The maximum Gasteiger partial charge on any atom is 0.417 e. The van der Waals surface area contributed by atoms with Crippen molar-refractivity contribution in [1.82, 2.24) is 9.55 Å². The third kappa shape index (κ3) is 3.87. The number of nitrogens with zero attached hydrogens (tertiary/aromatic N) is 1. The van der Waals surface area contributed by atoms with E-state index in [0.29, 0.717) is 27.4 Å². The summed E-state index contributed by atoms with van der Waals surface area (Å²) in [5, 5.41) is 3.05. The first-order valence-corrected chi connectivity index (χ1v) is 10.1. The molecule has 2 heterocycles. The monoisotopic (exact) mass is 456 g/mol. The topological polar surface area (TPSA) is 75.8 Å². The molecule has 0 aliphatic carbocycles. The molecule has 0 spiro atoms. The van der Waals surface area contributed by atoms with E-state index in [1.165, 1.54) is 16.7 Å². The average Bonchev–Trinajstić information content (AvgIpc) is 2.76. The maximum atomic E-state index is 13.7. The molecule has 0 fully saturated rings. The van der Waals surface area contributed by atoms with Gasteiger partial charge in [-0.1, -0.05) is 42.5 Å². The summed E-state index contributed by atoms with van der Waals surface area (Å²) < 4.78 is 42.7. The second-order valence-electron chi connectivity index (χ2n) is 7.31. The first kappa shape index (κ1) is 21.6. The van der Waals surface area contributed by atoms with Crippen molar-refractivity contribution in [1.29, 1.82) is 0 Å². The van der Waals surface area contributed by atoms with Crippen molar-refractivity contribution in [3.8, 4) is 5.69 Å². The summed E-state index contributed by atoms with van der Waals surface area (Å²) in [6.07, 6.45) is -3.03. The minimum absolute atomic E-state index is 0.207. The van der Waals surface area contributed by atoms with E-state index in [1.807, 2.05) is 0 Å². The lowest BCUT2D eigenvalue weighted by molar-refractivity contribution is -0.136. The van der Waals surface area contributed by atoms with Crippen LogP contribution in [0.2, 0.25) is 0 Å². The summed E-state index contributed by atoms with van der Waals surface area (Å²) >= 11 is 5.16. The molecule has 2 aromatic heterocycles. The van der Waals surface area contributed by atoms with Crippen molar-refractivity contribution in [2.75, 3.05) is 11.1 Å². The Morgan fingerprint density at radius 3 is 2.50 bits per heavy atom. The summed E-state index contributed by atoms with van der Waals surface area (Å²) in [6.45, 7) is 1.80. The van der Waals surface area contributed by atoms with E-state index in [9.17, 15) is 18.0 Å². The Morgan fingerprint density at radius 1 is 1.09 bits per heavy atom. The Balaban J connectivity index is 1.99. The van der Waals surface area contributed by atoms with E-state index in [0.717, 1.165) is 6.07 Å². The highest BCUT2D eigenvalue weighted by Crippen LogP contribution is 2.35. The summed E-state index contributed by atoms with van der Waals surface area (Å²) in [5.41, 5.74) is 6.17. The summed E-state index contributed by atoms with van der Waals surface area (Å²) in [7, 11) is 0. The van der Waals surface area contributed by atoms with Crippen LogP contribution in [0.1, 0.15) is 24.2 Å². The number of hydrogen-bond donors (Lipinski definition) is 3. The van der Waals surface area contributed by atoms with Gasteiger partial charge in [0, 0.05) is 17.6 Å². The SMILES string of the molecule is CC(Nc1cc[nH]c(=S)c1N)c1cc2cccc(C(F)(F)F)c2c(=O)n1-c1ccccc1. The molecular formula is C23H19F3N4OS. The van der Waals surface area contributed by atoms with Crippen LogP contribution in [-0.4, -0.2) is 9.55 Å². The van der Waals surface area contributed by atoms with Gasteiger partial charge in [0.05, 0.1) is 28.4 Å². The Bertz CT molecular complexity index is 1410. The Labute approximate surface area is 186 Å². The zero-order valence-corrected chi connectivity index (χ0v) is 17.7. The number of nitrogens with two attached hydrogens (primary N) is 1. The molecule has 2 aromatic carbocycles. The van der Waals surface area contributed by atoms with Gasteiger partial charge in [0.1, 0.15) is 4.64 Å². The Kier molecular flexibility index (Phi) is 5.52. The fourth-order valence-electron chi connectivity index (χ4n) is 3.70. The van der Waals surface area contributed by atoms with E-state index in [1.54, 1.807) is 55.6 Å². The van der Waals surface area contributed by atoms with Gasteiger partial charge in [0.15, 0.2) is 0 Å². The zero-order chi connectivity index (χ0) is 23.0. The molecule has 164 valence electrons. The van der Waals surface area contributed by atoms with Gasteiger partial charge in [-0.2, -0.15) is 13.2 Å². The molecule has 5 nitrogen and oxygen atoms in total. The molecule has 0 saturated heterocycles. The number of aromatic nitrogens is 2. The number of rotatable bonds is 4. The van der Waals surface area contributed by atoms with Crippen LogP contribution in [0.25, 0.3) is 16.5 Å². The zero-order valence-electron chi connectivity index (χ0n) is 16.9. The quantitative estimate of drug-likeness (QED) is 0.338. The summed E-state index contributed by atoms with van der Waals surface area (Å²) in [6, 6.07) is 15.1. The molecule has 0 aliphatic rings. The van der Waals surface area contributed by atoms with Crippen molar-refractivity contribution >= 4 is 34.4 Å². The third-order valence-corrected chi connectivity index (χ3v) is 5.55. The highest BCUT2D eigenvalue weighted by molar-refractivity contribution is 7.71. The highest BCUT2D eigenvalue weighted by Gasteiger charge is 2.34. The van der Waals surface area contributed by atoms with Gasteiger partial charge in [0.2, 0.25) is 0 Å². The predicted octanol–water partition coefficient (Wildman–Crippen LogP) is 5.82. The number of nitrogens with one attached hydrogen (secondary N) is 2. The fourth-order valence-corrected chi connectivity index (χ4v) is 3.88. The normalized spacial score (nSPS) is 12.6. The third-order valence-electron chi connectivity index (χ3n) is 5.21. The predicted molar refractivity (Wildman–Crippen MR) is 123 cm³/mol. The van der Waals surface area contributed by atoms with Gasteiger partial charge in [0.25, 0.3) is 5.56 Å². The number of alkyl halides is 3. The van der Waals surface area contributed by atoms with Gasteiger partial charge in [-0.25, -0.2) is 0 Å². The van der Waals surface area contributed by atoms with Crippen LogP contribution in [0.5, 0.6) is 0 Å². The molecule has 4 N–H and O–H groups in total. The molecule has 4 aromatic rings. The molecule has 9 heteroatoms. The van der Waals surface area contributed by atoms with Crippen molar-refractivity contribution in [2.45, 2.75) is 19.1 Å². The lowest BCUT2D eigenvalue weighted by atomic mass is 10.0. The van der Waals surface area contributed by atoms with Crippen LogP contribution < -0.4 is 16.6 Å². The molecule has 1 atom stereocenters. The minimum atomic E-state index is -4.66. The number of aromatic amines is 1. The van der Waals surface area contributed by atoms with Crippen molar-refractivity contribution < 1.29 is 13.2 Å². The smallest absolute Gasteiger partial charge is 0.395 e. The van der Waals surface area contributed by atoms with Crippen LogP contribution in [0.4, 0.5) is 24.5 Å². The molecule has 0 bridgehead atoms. The second kappa shape index (κ2) is 8.16. The standard InChI is InChI=1S/C23H19F3N4OS/c1-13(29-17-10-11-28-21(32)20(17)27)18-12-14-6-5-9-16(23(24,25)26)19(14)22(31)30(18)15-7-3-2-4-8-15/h2-13H,27H2,1H3,(H2,28,29,32). The maximum absolute atomic E-state index is 13.7. The lowest BCUT2D eigenvalue weighted by Gasteiger charge is -2.23. The van der Waals surface area contributed by atoms with E-state index in [2.05, 4.69) is 10.3 Å². The summed E-state index contributed by atoms with van der Waals surface area (Å²) in [5.74, 6) is 0. The molecular weight excluding hydrogens is 437 g/mol. The van der Waals surface area contributed by atoms with Crippen LogP contribution in [-0.2, 0) is 6.18 Å². The lowest BCUT2D eigenvalue weighted by Crippen LogP contribution is -2.27. The molecule has 0 saturated carbocycles. The van der Waals surface area contributed by atoms with E-state index < -0.39 is 23.3 Å². The van der Waals surface area contributed by atoms with Gasteiger partial charge < -0.3 is 16.0 Å². The van der Waals surface area contributed by atoms with Gasteiger partial charge in [-0.3, -0.25) is 9.36 Å². The number of benzene rings is 2. The first-order valence-electron chi connectivity index (χ1n) is 9.73. The van der Waals surface area contributed by atoms with Gasteiger partial charge in [-0.15, -0.1) is 0 Å².